The van der Waals surface area contributed by atoms with Crippen LogP contribution in [-0.4, -0.2) is 62.5 Å². The summed E-state index contributed by atoms with van der Waals surface area (Å²) < 4.78 is 5.10. The first-order chi connectivity index (χ1) is 9.10. The van der Waals surface area contributed by atoms with Crippen molar-refractivity contribution in [1.29, 1.82) is 0 Å². The van der Waals surface area contributed by atoms with E-state index in [0.717, 1.165) is 30.9 Å². The minimum Gasteiger partial charge on any atom is -0.497 e. The van der Waals surface area contributed by atoms with E-state index in [2.05, 4.69) is 23.9 Å². The van der Waals surface area contributed by atoms with Crippen LogP contribution in [0, 0.1) is 0 Å². The van der Waals surface area contributed by atoms with E-state index in [1.165, 1.54) is 0 Å². The summed E-state index contributed by atoms with van der Waals surface area (Å²) in [5.41, 5.74) is 0.766. The fourth-order valence-electron chi connectivity index (χ4n) is 2.43. The number of methoxy groups -OCH3 is 1. The smallest absolute Gasteiger partial charge is 0.164 e. The molecule has 0 N–H and O–H groups in total. The lowest BCUT2D eigenvalue weighted by Crippen LogP contribution is -2.50. The van der Waals surface area contributed by atoms with Gasteiger partial charge >= 0.3 is 0 Å². The number of ether oxygens (including phenoxy) is 1. The Morgan fingerprint density at radius 2 is 1.95 bits per heavy atom. The highest BCUT2D eigenvalue weighted by atomic mass is 16.5. The van der Waals surface area contributed by atoms with Crippen LogP contribution in [-0.2, 0) is 0 Å². The molecule has 0 aliphatic carbocycles. The van der Waals surface area contributed by atoms with Crippen LogP contribution in [0.2, 0.25) is 0 Å². The molecule has 0 amide bonds. The van der Waals surface area contributed by atoms with Crippen LogP contribution in [0.25, 0.3) is 0 Å². The molecular weight excluding hydrogens is 240 g/mol. The number of rotatable bonds is 4. The van der Waals surface area contributed by atoms with E-state index in [1.807, 2.05) is 24.3 Å². The molecule has 4 nitrogen and oxygen atoms in total. The van der Waals surface area contributed by atoms with E-state index in [0.29, 0.717) is 12.5 Å². The van der Waals surface area contributed by atoms with Gasteiger partial charge in [-0.25, -0.2) is 0 Å². The van der Waals surface area contributed by atoms with Gasteiger partial charge in [0.05, 0.1) is 7.11 Å². The Balaban J connectivity index is 1.99. The standard InChI is InChI=1S/C15H22N2O2/c1-16-8-9-17(2)13(11-16)10-15(18)12-4-6-14(19-3)7-5-12/h4-7,13H,8-11H2,1-3H3. The quantitative estimate of drug-likeness (QED) is 0.770. The SMILES string of the molecule is COc1ccc(C(=O)CC2CN(C)CCN2C)cc1. The van der Waals surface area contributed by atoms with Crippen molar-refractivity contribution in [3.8, 4) is 5.75 Å². The molecule has 2 rings (SSSR count). The summed E-state index contributed by atoms with van der Waals surface area (Å²) in [6, 6.07) is 7.67. The Kier molecular flexibility index (Phi) is 4.56. The molecule has 1 atom stereocenters. The van der Waals surface area contributed by atoms with E-state index in [9.17, 15) is 4.79 Å². The van der Waals surface area contributed by atoms with Crippen LogP contribution in [0.4, 0.5) is 0 Å². The van der Waals surface area contributed by atoms with Crippen LogP contribution < -0.4 is 4.74 Å². The lowest BCUT2D eigenvalue weighted by Gasteiger charge is -2.37. The predicted molar refractivity (Wildman–Crippen MR) is 75.9 cm³/mol. The van der Waals surface area contributed by atoms with Gasteiger partial charge in [-0.2, -0.15) is 0 Å². The third-order valence-corrected chi connectivity index (χ3v) is 3.81. The fraction of sp³-hybridized carbons (Fsp3) is 0.533. The minimum atomic E-state index is 0.204. The highest BCUT2D eigenvalue weighted by Crippen LogP contribution is 2.16. The largest absolute Gasteiger partial charge is 0.497 e. The number of carbonyl (C=O) groups excluding carboxylic acids is 1. The second-order valence-electron chi connectivity index (χ2n) is 5.25. The molecule has 1 fully saturated rings. The Bertz CT molecular complexity index is 430. The number of ketones is 1. The molecule has 1 aliphatic rings. The number of hydrogen-bond donors (Lipinski definition) is 0. The van der Waals surface area contributed by atoms with Gasteiger partial charge in [0.15, 0.2) is 5.78 Å². The third-order valence-electron chi connectivity index (χ3n) is 3.81. The number of carbonyl (C=O) groups is 1. The molecule has 0 aromatic heterocycles. The van der Waals surface area contributed by atoms with Crippen molar-refractivity contribution < 1.29 is 9.53 Å². The predicted octanol–water partition coefficient (Wildman–Crippen LogP) is 1.51. The Morgan fingerprint density at radius 3 is 2.58 bits per heavy atom. The summed E-state index contributed by atoms with van der Waals surface area (Å²) in [4.78, 5) is 16.8. The van der Waals surface area contributed by atoms with Gasteiger partial charge in [0, 0.05) is 37.7 Å². The summed E-state index contributed by atoms with van der Waals surface area (Å²) in [6.07, 6.45) is 0.577. The highest BCUT2D eigenvalue weighted by molar-refractivity contribution is 5.96. The molecule has 4 heteroatoms. The van der Waals surface area contributed by atoms with Crippen LogP contribution in [0.1, 0.15) is 16.8 Å². The molecule has 1 aliphatic heterocycles. The lowest BCUT2D eigenvalue weighted by molar-refractivity contribution is 0.0810. The maximum Gasteiger partial charge on any atom is 0.164 e. The highest BCUT2D eigenvalue weighted by Gasteiger charge is 2.24. The van der Waals surface area contributed by atoms with Crippen molar-refractivity contribution in [2.75, 3.05) is 40.8 Å². The summed E-state index contributed by atoms with van der Waals surface area (Å²) in [7, 11) is 5.83. The van der Waals surface area contributed by atoms with E-state index in [-0.39, 0.29) is 5.78 Å². The first-order valence-electron chi connectivity index (χ1n) is 6.66. The maximum absolute atomic E-state index is 12.3. The molecule has 1 saturated heterocycles. The monoisotopic (exact) mass is 262 g/mol. The van der Waals surface area contributed by atoms with Crippen LogP contribution in [0.3, 0.4) is 0 Å². The van der Waals surface area contributed by atoms with Crippen molar-refractivity contribution in [3.63, 3.8) is 0 Å². The van der Waals surface area contributed by atoms with Gasteiger partial charge in [-0.15, -0.1) is 0 Å². The minimum absolute atomic E-state index is 0.204. The number of nitrogens with zero attached hydrogens (tertiary/aromatic N) is 2. The topological polar surface area (TPSA) is 32.8 Å². The normalized spacial score (nSPS) is 21.3. The van der Waals surface area contributed by atoms with E-state index in [4.69, 9.17) is 4.74 Å². The third kappa shape index (κ3) is 3.55. The average Bonchev–Trinajstić information content (AvgIpc) is 2.43. The molecule has 0 radical (unpaired) electrons. The first-order valence-corrected chi connectivity index (χ1v) is 6.66. The van der Waals surface area contributed by atoms with Gasteiger partial charge in [0.1, 0.15) is 5.75 Å². The van der Waals surface area contributed by atoms with E-state index in [1.54, 1.807) is 7.11 Å². The molecule has 1 unspecified atom stereocenters. The van der Waals surface area contributed by atoms with E-state index >= 15 is 0 Å². The van der Waals surface area contributed by atoms with Gasteiger partial charge in [-0.1, -0.05) is 0 Å². The lowest BCUT2D eigenvalue weighted by atomic mass is 10.0. The second-order valence-corrected chi connectivity index (χ2v) is 5.25. The van der Waals surface area contributed by atoms with Gasteiger partial charge < -0.3 is 14.5 Å². The van der Waals surface area contributed by atoms with Gasteiger partial charge in [-0.3, -0.25) is 4.79 Å². The molecule has 0 spiro atoms. The summed E-state index contributed by atoms with van der Waals surface area (Å²) in [5.74, 6) is 0.987. The summed E-state index contributed by atoms with van der Waals surface area (Å²) in [5, 5.41) is 0. The zero-order valence-electron chi connectivity index (χ0n) is 11.9. The molecule has 0 bridgehead atoms. The number of likely N-dealkylation sites (N-methyl/N-ethyl adjacent to an activating group) is 2. The van der Waals surface area contributed by atoms with Crippen molar-refractivity contribution >= 4 is 5.78 Å². The number of piperazine rings is 1. The van der Waals surface area contributed by atoms with Gasteiger partial charge in [0.2, 0.25) is 0 Å². The summed E-state index contributed by atoms with van der Waals surface area (Å²) in [6.45, 7) is 3.05. The Labute approximate surface area is 115 Å². The maximum atomic E-state index is 12.3. The molecule has 1 aromatic carbocycles. The average molecular weight is 262 g/mol. The number of benzene rings is 1. The Morgan fingerprint density at radius 1 is 1.26 bits per heavy atom. The van der Waals surface area contributed by atoms with Gasteiger partial charge in [-0.05, 0) is 38.4 Å². The van der Waals surface area contributed by atoms with Crippen LogP contribution in [0.5, 0.6) is 5.75 Å². The van der Waals surface area contributed by atoms with Crippen molar-refractivity contribution in [1.82, 2.24) is 9.80 Å². The van der Waals surface area contributed by atoms with Crippen molar-refractivity contribution in [3.05, 3.63) is 29.8 Å². The second kappa shape index (κ2) is 6.17. The zero-order chi connectivity index (χ0) is 13.8. The van der Waals surface area contributed by atoms with Gasteiger partial charge in [0.25, 0.3) is 0 Å². The zero-order valence-corrected chi connectivity index (χ0v) is 11.9. The molecule has 1 aromatic rings. The van der Waals surface area contributed by atoms with Crippen LogP contribution >= 0.6 is 0 Å². The fourth-order valence-corrected chi connectivity index (χ4v) is 2.43. The van der Waals surface area contributed by atoms with Crippen molar-refractivity contribution in [2.45, 2.75) is 12.5 Å². The number of hydrogen-bond acceptors (Lipinski definition) is 4. The molecular formula is C15H22N2O2. The number of Topliss-reactive ketones (excluding diaryl/α,β-unsaturated/α-hetero) is 1. The summed E-state index contributed by atoms with van der Waals surface area (Å²) >= 11 is 0. The first kappa shape index (κ1) is 14.0. The molecule has 19 heavy (non-hydrogen) atoms. The molecule has 0 saturated carbocycles. The molecule has 104 valence electrons. The van der Waals surface area contributed by atoms with E-state index < -0.39 is 0 Å². The molecule has 1 heterocycles. The van der Waals surface area contributed by atoms with Crippen LogP contribution in [0.15, 0.2) is 24.3 Å². The Hall–Kier alpha value is -1.39. The van der Waals surface area contributed by atoms with Crippen molar-refractivity contribution in [2.24, 2.45) is 0 Å².